The first kappa shape index (κ1) is 10.5. The van der Waals surface area contributed by atoms with Gasteiger partial charge in [-0.3, -0.25) is 0 Å². The maximum absolute atomic E-state index is 4.49. The Bertz CT molecular complexity index is 559. The second-order valence-electron chi connectivity index (χ2n) is 4.00. The molecule has 0 aliphatic carbocycles. The van der Waals surface area contributed by atoms with E-state index in [2.05, 4.69) is 27.4 Å². The number of benzene rings is 1. The third-order valence-corrected chi connectivity index (χ3v) is 3.64. The second kappa shape index (κ2) is 4.33. The minimum Gasteiger partial charge on any atom is -0.191 e. The molecule has 0 radical (unpaired) electrons. The zero-order valence-corrected chi connectivity index (χ0v) is 10.3. The molecule has 0 amide bonds. The summed E-state index contributed by atoms with van der Waals surface area (Å²) in [5, 5.41) is 13.7. The van der Waals surface area contributed by atoms with E-state index in [0.29, 0.717) is 0 Å². The highest BCUT2D eigenvalue weighted by molar-refractivity contribution is 7.99. The van der Waals surface area contributed by atoms with Gasteiger partial charge < -0.3 is 0 Å². The second-order valence-corrected chi connectivity index (χ2v) is 4.94. The molecule has 86 valence electrons. The Morgan fingerprint density at radius 3 is 2.88 bits per heavy atom. The number of hydrogen-bond donors (Lipinski definition) is 0. The molecule has 4 nitrogen and oxygen atoms in total. The SMILES string of the molecule is CC1=Nn2c(Cc3ccccc3)nnc2SC1. The minimum atomic E-state index is 0.769. The van der Waals surface area contributed by atoms with E-state index in [0.717, 1.165) is 28.9 Å². The Kier molecular flexibility index (Phi) is 2.68. The third-order valence-electron chi connectivity index (χ3n) is 2.56. The van der Waals surface area contributed by atoms with Gasteiger partial charge in [-0.25, -0.2) is 0 Å². The fraction of sp³-hybridized carbons (Fsp3) is 0.250. The normalized spacial score (nSPS) is 14.3. The Balaban J connectivity index is 1.93. The smallest absolute Gasteiger partial charge is 0.191 e. The zero-order chi connectivity index (χ0) is 11.7. The Hall–Kier alpha value is -1.62. The van der Waals surface area contributed by atoms with E-state index in [1.54, 1.807) is 11.8 Å². The molecule has 1 aliphatic rings. The van der Waals surface area contributed by atoms with Crippen molar-refractivity contribution < 1.29 is 0 Å². The summed E-state index contributed by atoms with van der Waals surface area (Å²) in [7, 11) is 0. The number of hydrogen-bond acceptors (Lipinski definition) is 4. The summed E-state index contributed by atoms with van der Waals surface area (Å²) in [6.07, 6.45) is 0.769. The van der Waals surface area contributed by atoms with E-state index in [4.69, 9.17) is 0 Å². The molecule has 0 N–H and O–H groups in total. The van der Waals surface area contributed by atoms with E-state index >= 15 is 0 Å². The molecule has 0 saturated carbocycles. The molecule has 0 bridgehead atoms. The predicted molar refractivity (Wildman–Crippen MR) is 68.5 cm³/mol. The van der Waals surface area contributed by atoms with E-state index in [-0.39, 0.29) is 0 Å². The van der Waals surface area contributed by atoms with Gasteiger partial charge in [-0.15, -0.1) is 10.2 Å². The molecule has 0 atom stereocenters. The summed E-state index contributed by atoms with van der Waals surface area (Å²) in [4.78, 5) is 0. The summed E-state index contributed by atoms with van der Waals surface area (Å²) in [5.41, 5.74) is 2.34. The largest absolute Gasteiger partial charge is 0.212 e. The van der Waals surface area contributed by atoms with Gasteiger partial charge in [0.2, 0.25) is 5.16 Å². The molecule has 1 aliphatic heterocycles. The quantitative estimate of drug-likeness (QED) is 0.813. The average molecular weight is 244 g/mol. The summed E-state index contributed by atoms with van der Waals surface area (Å²) >= 11 is 1.69. The van der Waals surface area contributed by atoms with Gasteiger partial charge in [-0.2, -0.15) is 9.78 Å². The fourth-order valence-corrected chi connectivity index (χ4v) is 2.51. The lowest BCUT2D eigenvalue weighted by molar-refractivity contribution is 0.719. The molecule has 0 spiro atoms. The van der Waals surface area contributed by atoms with Gasteiger partial charge in [0, 0.05) is 17.9 Å². The van der Waals surface area contributed by atoms with Crippen LogP contribution in [0.25, 0.3) is 0 Å². The van der Waals surface area contributed by atoms with Crippen LogP contribution in [0.3, 0.4) is 0 Å². The number of nitrogens with zero attached hydrogens (tertiary/aromatic N) is 4. The highest BCUT2D eigenvalue weighted by atomic mass is 32.2. The lowest BCUT2D eigenvalue weighted by Crippen LogP contribution is -2.10. The Morgan fingerprint density at radius 1 is 1.24 bits per heavy atom. The van der Waals surface area contributed by atoms with Crippen LogP contribution in [0.1, 0.15) is 18.3 Å². The van der Waals surface area contributed by atoms with Crippen molar-refractivity contribution in [2.75, 3.05) is 5.75 Å². The van der Waals surface area contributed by atoms with Crippen LogP contribution < -0.4 is 0 Å². The monoisotopic (exact) mass is 244 g/mol. The molecule has 2 aromatic rings. The summed E-state index contributed by atoms with van der Waals surface area (Å²) < 4.78 is 1.86. The standard InChI is InChI=1S/C12H12N4S/c1-9-8-17-12-14-13-11(16(12)15-9)7-10-5-3-2-4-6-10/h2-6H,7-8H2,1H3. The van der Waals surface area contributed by atoms with Gasteiger partial charge in [0.05, 0.1) is 0 Å². The van der Waals surface area contributed by atoms with Crippen molar-refractivity contribution in [3.63, 3.8) is 0 Å². The first-order chi connectivity index (χ1) is 8.33. The minimum absolute atomic E-state index is 0.769. The predicted octanol–water partition coefficient (Wildman–Crippen LogP) is 2.20. The molecular formula is C12H12N4S. The lowest BCUT2D eigenvalue weighted by Gasteiger charge is -2.10. The average Bonchev–Trinajstić information content (AvgIpc) is 2.73. The molecular weight excluding hydrogens is 232 g/mol. The number of rotatable bonds is 2. The van der Waals surface area contributed by atoms with Crippen LogP contribution in [-0.2, 0) is 6.42 Å². The molecule has 1 aromatic heterocycles. The highest BCUT2D eigenvalue weighted by Gasteiger charge is 2.16. The van der Waals surface area contributed by atoms with Crippen LogP contribution in [0.5, 0.6) is 0 Å². The zero-order valence-electron chi connectivity index (χ0n) is 9.50. The van der Waals surface area contributed by atoms with Gasteiger partial charge in [-0.05, 0) is 12.5 Å². The van der Waals surface area contributed by atoms with Gasteiger partial charge in [-0.1, -0.05) is 42.1 Å². The molecule has 0 saturated heterocycles. The van der Waals surface area contributed by atoms with Crippen molar-refractivity contribution in [3.8, 4) is 0 Å². The summed E-state index contributed by atoms with van der Waals surface area (Å²) in [5.74, 6) is 1.81. The molecule has 17 heavy (non-hydrogen) atoms. The number of thioether (sulfide) groups is 1. The van der Waals surface area contributed by atoms with Crippen molar-refractivity contribution in [3.05, 3.63) is 41.7 Å². The van der Waals surface area contributed by atoms with Gasteiger partial charge in [0.1, 0.15) is 0 Å². The molecule has 2 heterocycles. The molecule has 3 rings (SSSR count). The van der Waals surface area contributed by atoms with E-state index in [1.807, 2.05) is 29.8 Å². The maximum atomic E-state index is 4.49. The van der Waals surface area contributed by atoms with Crippen molar-refractivity contribution >= 4 is 17.5 Å². The molecule has 5 heteroatoms. The van der Waals surface area contributed by atoms with Gasteiger partial charge >= 0.3 is 0 Å². The maximum Gasteiger partial charge on any atom is 0.212 e. The van der Waals surface area contributed by atoms with Crippen molar-refractivity contribution in [1.29, 1.82) is 0 Å². The van der Waals surface area contributed by atoms with Crippen LogP contribution in [0.15, 0.2) is 40.6 Å². The fourth-order valence-electron chi connectivity index (χ4n) is 1.74. The number of aromatic nitrogens is 3. The topological polar surface area (TPSA) is 43.1 Å². The van der Waals surface area contributed by atoms with E-state index in [9.17, 15) is 0 Å². The molecule has 1 aromatic carbocycles. The lowest BCUT2D eigenvalue weighted by atomic mass is 10.1. The van der Waals surface area contributed by atoms with Crippen molar-refractivity contribution in [1.82, 2.24) is 14.9 Å². The Labute approximate surface area is 104 Å². The van der Waals surface area contributed by atoms with Crippen molar-refractivity contribution in [2.45, 2.75) is 18.5 Å². The highest BCUT2D eigenvalue weighted by Crippen LogP contribution is 2.22. The molecule has 0 fully saturated rings. The van der Waals surface area contributed by atoms with Crippen LogP contribution >= 0.6 is 11.8 Å². The van der Waals surface area contributed by atoms with E-state index < -0.39 is 0 Å². The van der Waals surface area contributed by atoms with Crippen LogP contribution in [0, 0.1) is 0 Å². The first-order valence-corrected chi connectivity index (χ1v) is 6.47. The van der Waals surface area contributed by atoms with Crippen LogP contribution in [-0.4, -0.2) is 26.3 Å². The van der Waals surface area contributed by atoms with Crippen molar-refractivity contribution in [2.24, 2.45) is 5.10 Å². The summed E-state index contributed by atoms with van der Waals surface area (Å²) in [6.45, 7) is 2.03. The van der Waals surface area contributed by atoms with Gasteiger partial charge in [0.25, 0.3) is 0 Å². The number of fused-ring (bicyclic) bond motifs is 1. The Morgan fingerprint density at radius 2 is 2.06 bits per heavy atom. The van der Waals surface area contributed by atoms with Crippen LogP contribution in [0.2, 0.25) is 0 Å². The van der Waals surface area contributed by atoms with E-state index in [1.165, 1.54) is 5.56 Å². The van der Waals surface area contributed by atoms with Crippen LogP contribution in [0.4, 0.5) is 0 Å². The van der Waals surface area contributed by atoms with Gasteiger partial charge in [0.15, 0.2) is 5.82 Å². The third kappa shape index (κ3) is 2.10. The molecule has 0 unspecified atom stereocenters. The summed E-state index contributed by atoms with van der Waals surface area (Å²) in [6, 6.07) is 10.3. The first-order valence-electron chi connectivity index (χ1n) is 5.48.